The van der Waals surface area contributed by atoms with Gasteiger partial charge in [0, 0.05) is 22.5 Å². The van der Waals surface area contributed by atoms with Crippen LogP contribution in [-0.2, 0) is 45.1 Å². The van der Waals surface area contributed by atoms with Crippen LogP contribution in [0.25, 0.3) is 0 Å². The number of hydrogen-bond acceptors (Lipinski definition) is 13. The molecule has 2 aromatic carbocycles. The number of nitrogens with one attached hydrogen (secondary N) is 1. The number of sulfonamides is 1. The van der Waals surface area contributed by atoms with Crippen LogP contribution in [0.15, 0.2) is 64.1 Å². The summed E-state index contributed by atoms with van der Waals surface area (Å²) in [6, 6.07) is 10.9. The number of hydrogen-bond donors (Lipinski definition) is 2. The zero-order valence-corrected chi connectivity index (χ0v) is 31.1. The second kappa shape index (κ2) is 18.7. The van der Waals surface area contributed by atoms with Gasteiger partial charge >= 0.3 is 24.0 Å². The Labute approximate surface area is 310 Å². The maximum atomic E-state index is 13.0. The lowest BCUT2D eigenvalue weighted by molar-refractivity contribution is -0.156. The molecule has 0 fully saturated rings. The highest BCUT2D eigenvalue weighted by atomic mass is 35.5. The lowest BCUT2D eigenvalue weighted by atomic mass is 9.98. The molecule has 1 atom stereocenters. The molecular weight excluding hydrogens is 745 g/mol. The molecule has 1 aromatic heterocycles. The first-order chi connectivity index (χ1) is 24.4. The number of carbonyl (C=O) groups excluding carboxylic acids is 5. The van der Waals surface area contributed by atoms with Crippen molar-refractivity contribution in [2.24, 2.45) is 5.14 Å². The quantitative estimate of drug-likeness (QED) is 0.0552. The fraction of sp³-hybridized carbons (Fsp3) is 0.382. The van der Waals surface area contributed by atoms with Crippen LogP contribution in [0.3, 0.4) is 0 Å². The van der Waals surface area contributed by atoms with Gasteiger partial charge in [-0.15, -0.1) is 0 Å². The van der Waals surface area contributed by atoms with Crippen LogP contribution >= 0.6 is 23.2 Å². The number of carbonyl (C=O) groups is 5. The first-order valence-electron chi connectivity index (χ1n) is 15.7. The Morgan fingerprint density at radius 2 is 1.60 bits per heavy atom. The number of Topliss-reactive ketones (excluding diaryl/α,β-unsaturated/α-hetero) is 1. The van der Waals surface area contributed by atoms with Gasteiger partial charge in [0.25, 0.3) is 0 Å². The first kappa shape index (κ1) is 41.8. The summed E-state index contributed by atoms with van der Waals surface area (Å²) in [6.45, 7) is 5.69. The summed E-state index contributed by atoms with van der Waals surface area (Å²) < 4.78 is 49.5. The van der Waals surface area contributed by atoms with Crippen LogP contribution in [0, 0.1) is 0 Å². The van der Waals surface area contributed by atoms with Gasteiger partial charge in [0.05, 0.1) is 61.2 Å². The highest BCUT2D eigenvalue weighted by molar-refractivity contribution is 7.89. The smallest absolute Gasteiger partial charge is 0.413 e. The molecular formula is C34H39Cl2N3O12S. The molecule has 1 heterocycles. The number of furan rings is 1. The van der Waals surface area contributed by atoms with Crippen molar-refractivity contribution in [1.29, 1.82) is 0 Å². The van der Waals surface area contributed by atoms with Crippen molar-refractivity contribution in [3.05, 3.63) is 81.7 Å². The lowest BCUT2D eigenvalue weighted by Crippen LogP contribution is -2.53. The normalized spacial score (nSPS) is 12.0. The third-order valence-electron chi connectivity index (χ3n) is 7.15. The molecule has 0 aliphatic carbocycles. The largest absolute Gasteiger partial charge is 0.467 e. The molecule has 0 radical (unpaired) electrons. The van der Waals surface area contributed by atoms with Crippen molar-refractivity contribution in [2.75, 3.05) is 25.3 Å². The predicted molar refractivity (Wildman–Crippen MR) is 188 cm³/mol. The molecule has 15 nitrogen and oxygen atoms in total. The molecule has 0 bridgehead atoms. The van der Waals surface area contributed by atoms with E-state index in [1.807, 2.05) is 0 Å². The van der Waals surface area contributed by atoms with Crippen LogP contribution in [0.5, 0.6) is 0 Å². The summed E-state index contributed by atoms with van der Waals surface area (Å²) in [6.07, 6.45) is -0.0935. The summed E-state index contributed by atoms with van der Waals surface area (Å²) in [5, 5.41) is 8.32. The van der Waals surface area contributed by atoms with Crippen LogP contribution in [0.4, 0.5) is 10.5 Å². The molecule has 3 N–H and O–H groups in total. The summed E-state index contributed by atoms with van der Waals surface area (Å²) in [7, 11) is -4.26. The van der Waals surface area contributed by atoms with Crippen molar-refractivity contribution in [2.45, 2.75) is 70.0 Å². The Morgan fingerprint density at radius 1 is 0.923 bits per heavy atom. The van der Waals surface area contributed by atoms with E-state index in [0.717, 1.165) is 6.07 Å². The van der Waals surface area contributed by atoms with Crippen molar-refractivity contribution in [3.63, 3.8) is 0 Å². The number of nitrogens with two attached hydrogens (primary N) is 1. The summed E-state index contributed by atoms with van der Waals surface area (Å²) >= 11 is 12.1. The monoisotopic (exact) mass is 783 g/mol. The van der Waals surface area contributed by atoms with Crippen LogP contribution < -0.4 is 10.5 Å². The summed E-state index contributed by atoms with van der Waals surface area (Å²) in [5.41, 5.74) is -0.529. The van der Waals surface area contributed by atoms with E-state index in [2.05, 4.69) is 5.32 Å². The summed E-state index contributed by atoms with van der Waals surface area (Å²) in [5.74, 6) is -2.32. The Morgan fingerprint density at radius 3 is 2.21 bits per heavy atom. The van der Waals surface area contributed by atoms with Crippen LogP contribution in [0.2, 0.25) is 10.0 Å². The average Bonchev–Trinajstić information content (AvgIpc) is 3.58. The van der Waals surface area contributed by atoms with Gasteiger partial charge < -0.3 is 28.7 Å². The van der Waals surface area contributed by atoms with Crippen molar-refractivity contribution in [1.82, 2.24) is 4.90 Å². The molecule has 0 saturated carbocycles. The molecule has 3 aromatic rings. The Bertz CT molecular complexity index is 1860. The van der Waals surface area contributed by atoms with E-state index >= 15 is 0 Å². The second-order valence-electron chi connectivity index (χ2n) is 12.2. The Hall–Kier alpha value is -4.64. The van der Waals surface area contributed by atoms with Gasteiger partial charge in [-0.3, -0.25) is 19.3 Å². The molecule has 282 valence electrons. The minimum absolute atomic E-state index is 0.0746. The van der Waals surface area contributed by atoms with Gasteiger partial charge in [0.1, 0.15) is 10.7 Å². The fourth-order valence-electron chi connectivity index (χ4n) is 4.75. The molecule has 3 rings (SSSR count). The number of nitrogens with zero attached hydrogens (tertiary/aromatic N) is 1. The number of primary sulfonamides is 1. The summed E-state index contributed by atoms with van der Waals surface area (Å²) in [4.78, 5) is 63.9. The molecule has 0 aliphatic heterocycles. The fourth-order valence-corrected chi connectivity index (χ4v) is 6.04. The SMILES string of the molecule is CC(C(=O)c1cccc(Cl)c1)N(C(=O)OCOC(=O)CCC(=O)OCCCOC(=O)c1cc(S(N)(=O)=O)c(Cl)cc1NCc1ccco1)C(C)(C)C. The minimum atomic E-state index is -4.26. The third-order valence-corrected chi connectivity index (χ3v) is 8.76. The van der Waals surface area contributed by atoms with E-state index in [9.17, 15) is 32.4 Å². The number of benzene rings is 2. The maximum Gasteiger partial charge on any atom is 0.413 e. The molecule has 52 heavy (non-hydrogen) atoms. The standard InChI is InChI=1S/C34H39Cl2N3O12S/c1-21(31(42)22-8-5-9-23(35)16-22)39(34(2,3)4)33(44)51-20-50-30(41)12-11-29(40)48-14-7-15-49-32(43)25-17-28(52(37,45)46)26(36)18-27(25)38-19-24-10-6-13-47-24/h5-6,8-10,13,16-18,21,38H,7,11-12,14-15,19-20H2,1-4H3,(H2,37,45,46). The van der Waals surface area contributed by atoms with Crippen molar-refractivity contribution >= 4 is 68.7 Å². The molecule has 1 amide bonds. The minimum Gasteiger partial charge on any atom is -0.467 e. The van der Waals surface area contributed by atoms with Crippen LogP contribution in [0.1, 0.15) is 73.4 Å². The van der Waals surface area contributed by atoms with E-state index in [1.165, 1.54) is 23.3 Å². The van der Waals surface area contributed by atoms with Crippen LogP contribution in [-0.4, -0.2) is 74.7 Å². The number of esters is 3. The van der Waals surface area contributed by atoms with Gasteiger partial charge in [0.2, 0.25) is 16.8 Å². The van der Waals surface area contributed by atoms with E-state index in [-0.39, 0.29) is 61.1 Å². The maximum absolute atomic E-state index is 13.0. The highest BCUT2D eigenvalue weighted by Crippen LogP contribution is 2.29. The number of ketones is 1. The number of amides is 1. The van der Waals surface area contributed by atoms with E-state index in [1.54, 1.807) is 58.0 Å². The number of halogens is 2. The van der Waals surface area contributed by atoms with Crippen molar-refractivity contribution in [3.8, 4) is 0 Å². The van der Waals surface area contributed by atoms with E-state index < -0.39 is 57.3 Å². The zero-order chi connectivity index (χ0) is 38.6. The molecule has 0 saturated heterocycles. The number of rotatable bonds is 17. The predicted octanol–water partition coefficient (Wildman–Crippen LogP) is 5.73. The van der Waals surface area contributed by atoms with E-state index in [0.29, 0.717) is 16.3 Å². The molecule has 18 heteroatoms. The molecule has 0 aliphatic rings. The first-order valence-corrected chi connectivity index (χ1v) is 18.1. The third kappa shape index (κ3) is 12.5. The van der Waals surface area contributed by atoms with Crippen molar-refractivity contribution < 1.29 is 55.8 Å². The van der Waals surface area contributed by atoms with Gasteiger partial charge in [-0.2, -0.15) is 0 Å². The molecule has 0 spiro atoms. The van der Waals surface area contributed by atoms with Gasteiger partial charge in [-0.1, -0.05) is 35.3 Å². The second-order valence-corrected chi connectivity index (χ2v) is 14.5. The van der Waals surface area contributed by atoms with Gasteiger partial charge in [-0.25, -0.2) is 23.1 Å². The lowest BCUT2D eigenvalue weighted by Gasteiger charge is -2.38. The Kier molecular flexibility index (Phi) is 15.0. The number of ether oxygens (including phenoxy) is 4. The average molecular weight is 785 g/mol. The molecule has 1 unspecified atom stereocenters. The Balaban J connectivity index is 1.41. The van der Waals surface area contributed by atoms with Gasteiger partial charge in [0.15, 0.2) is 5.78 Å². The van der Waals surface area contributed by atoms with Gasteiger partial charge in [-0.05, 0) is 64.1 Å². The topological polar surface area (TPSA) is 211 Å². The van der Waals surface area contributed by atoms with E-state index in [4.69, 9.17) is 51.7 Å². The highest BCUT2D eigenvalue weighted by Gasteiger charge is 2.36. The number of anilines is 1. The zero-order valence-electron chi connectivity index (χ0n) is 28.8.